The zero-order chi connectivity index (χ0) is 19.8. The van der Waals surface area contributed by atoms with Crippen molar-refractivity contribution in [1.29, 1.82) is 0 Å². The number of imidazole rings is 1. The second kappa shape index (κ2) is 5.51. The number of aryl methyl sites for hydroxylation is 1. The van der Waals surface area contributed by atoms with Crippen molar-refractivity contribution < 1.29 is 8.83 Å². The molecule has 142 valence electrons. The predicted octanol–water partition coefficient (Wildman–Crippen LogP) is 7.11. The minimum Gasteiger partial charge on any atom is -0.455 e. The average Bonchev–Trinajstić information content (AvgIpc) is 3.42. The lowest BCUT2D eigenvalue weighted by Crippen LogP contribution is -1.83. The van der Waals surface area contributed by atoms with Crippen LogP contribution in [0.4, 0.5) is 0 Å². The highest BCUT2D eigenvalue weighted by Crippen LogP contribution is 2.39. The number of aromatic nitrogens is 2. The molecule has 0 bridgehead atoms. The Kier molecular flexibility index (Phi) is 2.91. The Morgan fingerprint density at radius 3 is 2.43 bits per heavy atom. The molecule has 0 saturated heterocycles. The Bertz CT molecular complexity index is 1760. The van der Waals surface area contributed by atoms with Gasteiger partial charge in [0, 0.05) is 21.9 Å². The number of para-hydroxylation sites is 4. The monoisotopic (exact) mass is 388 g/mol. The molecule has 30 heavy (non-hydrogen) atoms. The van der Waals surface area contributed by atoms with Crippen molar-refractivity contribution >= 4 is 49.9 Å². The first-order valence-corrected chi connectivity index (χ1v) is 9.99. The third-order valence-electron chi connectivity index (χ3n) is 5.90. The van der Waals surface area contributed by atoms with Gasteiger partial charge in [0.05, 0.1) is 16.6 Å². The summed E-state index contributed by atoms with van der Waals surface area (Å²) >= 11 is 0. The summed E-state index contributed by atoms with van der Waals surface area (Å²) in [5.41, 5.74) is 8.81. The molecule has 4 nitrogen and oxygen atoms in total. The first kappa shape index (κ1) is 15.8. The zero-order valence-electron chi connectivity index (χ0n) is 16.2. The predicted molar refractivity (Wildman–Crippen MR) is 120 cm³/mol. The van der Waals surface area contributed by atoms with E-state index in [1.807, 2.05) is 24.3 Å². The van der Waals surface area contributed by atoms with Crippen LogP contribution in [-0.2, 0) is 0 Å². The van der Waals surface area contributed by atoms with Crippen molar-refractivity contribution in [2.24, 2.45) is 0 Å². The van der Waals surface area contributed by atoms with Gasteiger partial charge in [0.25, 0.3) is 0 Å². The molecule has 4 heteroatoms. The summed E-state index contributed by atoms with van der Waals surface area (Å²) < 4.78 is 14.7. The van der Waals surface area contributed by atoms with Crippen LogP contribution in [0.1, 0.15) is 5.56 Å². The molecule has 0 aliphatic heterocycles. The lowest BCUT2D eigenvalue weighted by atomic mass is 10.0. The Balaban J connectivity index is 1.59. The molecular weight excluding hydrogens is 372 g/mol. The number of oxazole rings is 1. The summed E-state index contributed by atoms with van der Waals surface area (Å²) in [6.45, 7) is 2.10. The fourth-order valence-electron chi connectivity index (χ4n) is 4.54. The first-order valence-electron chi connectivity index (χ1n) is 9.99. The van der Waals surface area contributed by atoms with Crippen molar-refractivity contribution in [3.8, 4) is 11.1 Å². The maximum atomic E-state index is 6.30. The number of fused-ring (bicyclic) bond motifs is 8. The van der Waals surface area contributed by atoms with Gasteiger partial charge in [0.15, 0.2) is 5.58 Å². The van der Waals surface area contributed by atoms with Crippen LogP contribution in [0, 0.1) is 6.92 Å². The number of hydrogen-bond donors (Lipinski definition) is 0. The summed E-state index contributed by atoms with van der Waals surface area (Å²) in [6, 6.07) is 26.9. The Morgan fingerprint density at radius 1 is 0.700 bits per heavy atom. The van der Waals surface area contributed by atoms with E-state index in [0.29, 0.717) is 5.84 Å². The second-order valence-corrected chi connectivity index (χ2v) is 7.76. The fourth-order valence-corrected chi connectivity index (χ4v) is 4.54. The molecule has 0 unspecified atom stereocenters. The summed E-state index contributed by atoms with van der Waals surface area (Å²) in [7, 11) is 0. The molecule has 0 amide bonds. The fraction of sp³-hybridized carbons (Fsp3) is 0.0385. The van der Waals surface area contributed by atoms with Gasteiger partial charge in [-0.25, -0.2) is 0 Å². The quantitative estimate of drug-likeness (QED) is 0.301. The van der Waals surface area contributed by atoms with Gasteiger partial charge in [-0.2, -0.15) is 4.98 Å². The van der Waals surface area contributed by atoms with E-state index >= 15 is 0 Å². The lowest BCUT2D eigenvalue weighted by Gasteiger charge is -2.03. The average molecular weight is 388 g/mol. The molecule has 4 aromatic carbocycles. The van der Waals surface area contributed by atoms with Crippen molar-refractivity contribution in [3.05, 3.63) is 84.4 Å². The highest BCUT2D eigenvalue weighted by Gasteiger charge is 2.19. The number of hydrogen-bond acceptors (Lipinski definition) is 3. The third-order valence-corrected chi connectivity index (χ3v) is 5.90. The van der Waals surface area contributed by atoms with Crippen molar-refractivity contribution in [1.82, 2.24) is 9.38 Å². The van der Waals surface area contributed by atoms with E-state index < -0.39 is 0 Å². The van der Waals surface area contributed by atoms with E-state index in [1.54, 1.807) is 0 Å². The smallest absolute Gasteiger partial charge is 0.307 e. The second-order valence-electron chi connectivity index (χ2n) is 7.76. The lowest BCUT2D eigenvalue weighted by molar-refractivity contribution is 0.643. The van der Waals surface area contributed by atoms with E-state index in [4.69, 9.17) is 8.83 Å². The van der Waals surface area contributed by atoms with Crippen LogP contribution in [0.15, 0.2) is 87.7 Å². The summed E-state index contributed by atoms with van der Waals surface area (Å²) in [5.74, 6) is 0.603. The van der Waals surface area contributed by atoms with Crippen molar-refractivity contribution in [3.63, 3.8) is 0 Å². The van der Waals surface area contributed by atoms with Crippen LogP contribution in [0.5, 0.6) is 0 Å². The van der Waals surface area contributed by atoms with Crippen molar-refractivity contribution in [2.45, 2.75) is 6.92 Å². The molecule has 0 fully saturated rings. The summed E-state index contributed by atoms with van der Waals surface area (Å²) in [5, 5.41) is 2.25. The van der Waals surface area contributed by atoms with Crippen LogP contribution < -0.4 is 0 Å². The van der Waals surface area contributed by atoms with E-state index in [0.717, 1.165) is 55.2 Å². The van der Waals surface area contributed by atoms with E-state index in [1.165, 1.54) is 5.56 Å². The van der Waals surface area contributed by atoms with Gasteiger partial charge in [-0.05, 0) is 37.3 Å². The van der Waals surface area contributed by atoms with Gasteiger partial charge in [0.2, 0.25) is 0 Å². The molecule has 0 saturated carbocycles. The van der Waals surface area contributed by atoms with Crippen LogP contribution >= 0.6 is 0 Å². The first-order chi connectivity index (χ1) is 14.8. The summed E-state index contributed by atoms with van der Waals surface area (Å²) in [4.78, 5) is 4.67. The molecule has 0 N–H and O–H groups in total. The Hall–Kier alpha value is -4.05. The Morgan fingerprint density at radius 2 is 1.50 bits per heavy atom. The third kappa shape index (κ3) is 1.97. The van der Waals surface area contributed by atoms with E-state index in [2.05, 4.69) is 70.9 Å². The van der Waals surface area contributed by atoms with Gasteiger partial charge < -0.3 is 8.83 Å². The van der Waals surface area contributed by atoms with Gasteiger partial charge in [0.1, 0.15) is 11.2 Å². The molecule has 3 aromatic heterocycles. The van der Waals surface area contributed by atoms with Gasteiger partial charge in [-0.1, -0.05) is 54.1 Å². The molecule has 7 rings (SSSR count). The van der Waals surface area contributed by atoms with Gasteiger partial charge in [-0.15, -0.1) is 0 Å². The number of furan rings is 1. The molecule has 0 aliphatic rings. The molecule has 7 aromatic rings. The maximum Gasteiger partial charge on any atom is 0.307 e. The van der Waals surface area contributed by atoms with Crippen LogP contribution in [0.3, 0.4) is 0 Å². The molecule has 0 aliphatic carbocycles. The molecule has 0 atom stereocenters. The van der Waals surface area contributed by atoms with Crippen LogP contribution in [0.25, 0.3) is 61.0 Å². The molecule has 0 radical (unpaired) electrons. The highest BCUT2D eigenvalue weighted by atomic mass is 16.4. The Labute approximate surface area is 171 Å². The minimum atomic E-state index is 0.603. The number of nitrogens with zero attached hydrogens (tertiary/aromatic N) is 2. The summed E-state index contributed by atoms with van der Waals surface area (Å²) in [6.07, 6.45) is 0. The van der Waals surface area contributed by atoms with Crippen LogP contribution in [0.2, 0.25) is 0 Å². The zero-order valence-corrected chi connectivity index (χ0v) is 16.2. The topological polar surface area (TPSA) is 43.6 Å². The van der Waals surface area contributed by atoms with E-state index in [-0.39, 0.29) is 0 Å². The van der Waals surface area contributed by atoms with E-state index in [9.17, 15) is 0 Å². The molecule has 0 spiro atoms. The van der Waals surface area contributed by atoms with Crippen LogP contribution in [-0.4, -0.2) is 9.38 Å². The maximum absolute atomic E-state index is 6.30. The van der Waals surface area contributed by atoms with Crippen molar-refractivity contribution in [2.75, 3.05) is 0 Å². The minimum absolute atomic E-state index is 0.603. The number of benzene rings is 4. The largest absolute Gasteiger partial charge is 0.455 e. The highest BCUT2D eigenvalue weighted by molar-refractivity contribution is 6.11. The molecule has 3 heterocycles. The van der Waals surface area contributed by atoms with Gasteiger partial charge in [-0.3, -0.25) is 4.40 Å². The molecular formula is C26H16N2O2. The normalized spacial score (nSPS) is 12.2. The standard InChI is InChI=1S/C26H16N2O2/c1-15-12-13-23-19(14-15)18-7-4-6-16(24(18)29-23)17-8-5-11-22-25(17)30-26-27-20-9-2-3-10-21(20)28(22)26/h2-14H,1H3. The SMILES string of the molecule is Cc1ccc2oc3c(-c4cccc5c4oc4nc6ccccc6n45)cccc3c2c1. The van der Waals surface area contributed by atoms with Gasteiger partial charge >= 0.3 is 5.84 Å². The number of rotatable bonds is 1.